The molecule has 2 heterocycles. The van der Waals surface area contributed by atoms with E-state index >= 15 is 0 Å². The highest BCUT2D eigenvalue weighted by atomic mass is 32.1. The Morgan fingerprint density at radius 2 is 2.00 bits per heavy atom. The molecule has 0 unspecified atom stereocenters. The summed E-state index contributed by atoms with van der Waals surface area (Å²) in [4.78, 5) is 14.5. The van der Waals surface area contributed by atoms with Gasteiger partial charge in [0.15, 0.2) is 5.82 Å². The number of aromatic amines is 1. The molecule has 0 fully saturated rings. The lowest BCUT2D eigenvalue weighted by Crippen LogP contribution is -1.94. The van der Waals surface area contributed by atoms with E-state index in [1.165, 1.54) is 17.0 Å². The topological polar surface area (TPSA) is 102 Å². The quantitative estimate of drug-likeness (QED) is 0.328. The van der Waals surface area contributed by atoms with Crippen molar-refractivity contribution in [2.45, 2.75) is 0 Å². The molecule has 0 bridgehead atoms. The van der Waals surface area contributed by atoms with E-state index in [1.54, 1.807) is 54.9 Å². The van der Waals surface area contributed by atoms with E-state index < -0.39 is 4.92 Å². The zero-order valence-electron chi connectivity index (χ0n) is 12.8. The van der Waals surface area contributed by atoms with Crippen LogP contribution in [0.15, 0.2) is 60.0 Å². The number of pyridine rings is 1. The number of hydrogen-bond acceptors (Lipinski definition) is 6. The highest BCUT2D eigenvalue weighted by Crippen LogP contribution is 2.19. The van der Waals surface area contributed by atoms with Gasteiger partial charge in [-0.15, -0.1) is 0 Å². The Morgan fingerprint density at radius 3 is 2.76 bits per heavy atom. The van der Waals surface area contributed by atoms with Crippen molar-refractivity contribution in [2.24, 2.45) is 5.10 Å². The third kappa shape index (κ3) is 3.72. The maximum atomic E-state index is 11.0. The number of hydrogen-bond donors (Lipinski definition) is 1. The van der Waals surface area contributed by atoms with E-state index in [0.29, 0.717) is 16.2 Å². The van der Waals surface area contributed by atoms with Gasteiger partial charge in [0.2, 0.25) is 4.77 Å². The maximum Gasteiger partial charge on any atom is 0.276 e. The second-order valence-electron chi connectivity index (χ2n) is 4.84. The fourth-order valence-corrected chi connectivity index (χ4v) is 2.31. The molecular formula is C16H12N6O2S. The average Bonchev–Trinajstić information content (AvgIpc) is 3.00. The lowest BCUT2D eigenvalue weighted by atomic mass is 10.2. The number of nitrogens with one attached hydrogen (secondary N) is 1. The van der Waals surface area contributed by atoms with Gasteiger partial charge in [0, 0.05) is 30.2 Å². The van der Waals surface area contributed by atoms with Gasteiger partial charge in [0.25, 0.3) is 5.69 Å². The van der Waals surface area contributed by atoms with E-state index in [-0.39, 0.29) is 5.69 Å². The Bertz CT molecular complexity index is 1010. The van der Waals surface area contributed by atoms with E-state index in [0.717, 1.165) is 5.56 Å². The molecule has 0 saturated heterocycles. The Morgan fingerprint density at radius 1 is 1.24 bits per heavy atom. The SMILES string of the molecule is O=[N+]([O-])c1ccccc1C=CC=Nn1c(-c2ccncc2)n[nH]c1=S. The zero-order valence-corrected chi connectivity index (χ0v) is 13.6. The smallest absolute Gasteiger partial charge is 0.265 e. The molecule has 1 N–H and O–H groups in total. The van der Waals surface area contributed by atoms with E-state index in [1.807, 2.05) is 0 Å². The van der Waals surface area contributed by atoms with Crippen LogP contribution in [0.1, 0.15) is 5.56 Å². The molecule has 0 atom stereocenters. The predicted octanol–water partition coefficient (Wildman–Crippen LogP) is 3.46. The number of allylic oxidation sites excluding steroid dienone is 1. The van der Waals surface area contributed by atoms with Crippen LogP contribution in [0, 0.1) is 14.9 Å². The summed E-state index contributed by atoms with van der Waals surface area (Å²) in [7, 11) is 0. The van der Waals surface area contributed by atoms with Crippen LogP contribution < -0.4 is 0 Å². The average molecular weight is 352 g/mol. The molecule has 3 rings (SSSR count). The van der Waals surface area contributed by atoms with E-state index in [2.05, 4.69) is 20.3 Å². The molecule has 2 aromatic heterocycles. The number of nitro groups is 1. The standard InChI is InChI=1S/C16H12N6O2S/c23-22(24)14-6-2-1-4-12(14)5-3-9-18-21-15(19-20-16(21)25)13-7-10-17-11-8-13/h1-11H,(H,20,25). The molecule has 1 aromatic carbocycles. The van der Waals surface area contributed by atoms with Crippen molar-refractivity contribution < 1.29 is 4.92 Å². The van der Waals surface area contributed by atoms with Crippen LogP contribution in [0.5, 0.6) is 0 Å². The van der Waals surface area contributed by atoms with Gasteiger partial charge in [-0.1, -0.05) is 12.1 Å². The van der Waals surface area contributed by atoms with Gasteiger partial charge in [0.05, 0.1) is 10.5 Å². The number of aromatic nitrogens is 4. The van der Waals surface area contributed by atoms with Crippen molar-refractivity contribution in [3.8, 4) is 11.4 Å². The van der Waals surface area contributed by atoms with Crippen LogP contribution in [0.3, 0.4) is 0 Å². The van der Waals surface area contributed by atoms with E-state index in [9.17, 15) is 10.1 Å². The van der Waals surface area contributed by atoms with Crippen LogP contribution >= 0.6 is 12.2 Å². The van der Waals surface area contributed by atoms with Gasteiger partial charge in [0.1, 0.15) is 0 Å². The predicted molar refractivity (Wildman–Crippen MR) is 96.7 cm³/mol. The molecule has 9 heteroatoms. The fourth-order valence-electron chi connectivity index (χ4n) is 2.13. The summed E-state index contributed by atoms with van der Waals surface area (Å²) in [5.74, 6) is 0.544. The third-order valence-electron chi connectivity index (χ3n) is 3.27. The first-order valence-electron chi connectivity index (χ1n) is 7.19. The summed E-state index contributed by atoms with van der Waals surface area (Å²) in [6.07, 6.45) is 8.00. The summed E-state index contributed by atoms with van der Waals surface area (Å²) < 4.78 is 1.80. The normalized spacial score (nSPS) is 11.4. The Labute approximate surface area is 147 Å². The van der Waals surface area contributed by atoms with Gasteiger partial charge in [-0.2, -0.15) is 14.9 Å². The van der Waals surface area contributed by atoms with Crippen molar-refractivity contribution in [3.05, 3.63) is 75.3 Å². The lowest BCUT2D eigenvalue weighted by molar-refractivity contribution is -0.385. The summed E-state index contributed by atoms with van der Waals surface area (Å²) >= 11 is 5.17. The lowest BCUT2D eigenvalue weighted by Gasteiger charge is -1.99. The van der Waals surface area contributed by atoms with Crippen molar-refractivity contribution in [3.63, 3.8) is 0 Å². The van der Waals surface area contributed by atoms with Crippen LogP contribution in [0.2, 0.25) is 0 Å². The maximum absolute atomic E-state index is 11.0. The molecule has 124 valence electrons. The van der Waals surface area contributed by atoms with Gasteiger partial charge < -0.3 is 0 Å². The second-order valence-corrected chi connectivity index (χ2v) is 5.23. The molecule has 0 aliphatic carbocycles. The van der Waals surface area contributed by atoms with Crippen LogP contribution in [0.4, 0.5) is 5.69 Å². The molecule has 0 spiro atoms. The van der Waals surface area contributed by atoms with Crippen molar-refractivity contribution in [2.75, 3.05) is 0 Å². The minimum absolute atomic E-state index is 0.0320. The molecule has 3 aromatic rings. The summed E-state index contributed by atoms with van der Waals surface area (Å²) in [5.41, 5.74) is 1.33. The molecule has 0 aliphatic heterocycles. The third-order valence-corrected chi connectivity index (χ3v) is 3.53. The van der Waals surface area contributed by atoms with Gasteiger partial charge in [-0.3, -0.25) is 15.1 Å². The molecular weight excluding hydrogens is 340 g/mol. The fraction of sp³-hybridized carbons (Fsp3) is 0. The van der Waals surface area contributed by atoms with Gasteiger partial charge in [-0.05, 0) is 42.6 Å². The molecule has 0 amide bonds. The highest BCUT2D eigenvalue weighted by molar-refractivity contribution is 7.71. The largest absolute Gasteiger partial charge is 0.276 e. The van der Waals surface area contributed by atoms with Crippen molar-refractivity contribution >= 4 is 30.2 Å². The molecule has 0 aliphatic rings. The second kappa shape index (κ2) is 7.41. The first-order chi connectivity index (χ1) is 12.2. The number of nitro benzene ring substituents is 1. The van der Waals surface area contributed by atoms with Crippen molar-refractivity contribution in [1.29, 1.82) is 0 Å². The van der Waals surface area contributed by atoms with Crippen LogP contribution in [0.25, 0.3) is 17.5 Å². The zero-order chi connectivity index (χ0) is 17.6. The summed E-state index contributed by atoms with van der Waals surface area (Å²) in [5, 5.41) is 22.1. The number of nitrogens with zero attached hydrogens (tertiary/aromatic N) is 5. The number of rotatable bonds is 5. The van der Waals surface area contributed by atoms with Crippen LogP contribution in [-0.2, 0) is 0 Å². The molecule has 8 nitrogen and oxygen atoms in total. The van der Waals surface area contributed by atoms with E-state index in [4.69, 9.17) is 12.2 Å². The number of benzene rings is 1. The minimum atomic E-state index is -0.426. The summed E-state index contributed by atoms with van der Waals surface area (Å²) in [6.45, 7) is 0. The summed E-state index contributed by atoms with van der Waals surface area (Å²) in [6, 6.07) is 10.0. The Balaban J connectivity index is 1.86. The number of H-pyrrole nitrogens is 1. The Hall–Kier alpha value is -3.46. The first-order valence-corrected chi connectivity index (χ1v) is 7.60. The first kappa shape index (κ1) is 16.4. The van der Waals surface area contributed by atoms with Gasteiger partial charge in [-0.25, -0.2) is 5.10 Å². The minimum Gasteiger partial charge on any atom is -0.265 e. The molecule has 0 radical (unpaired) electrons. The Kier molecular flexibility index (Phi) is 4.86. The van der Waals surface area contributed by atoms with Gasteiger partial charge >= 0.3 is 0 Å². The highest BCUT2D eigenvalue weighted by Gasteiger charge is 2.09. The molecule has 25 heavy (non-hydrogen) atoms. The van der Waals surface area contributed by atoms with Crippen LogP contribution in [-0.4, -0.2) is 31.0 Å². The number of para-hydroxylation sites is 1. The molecule has 0 saturated carbocycles. The monoisotopic (exact) mass is 352 g/mol. The van der Waals surface area contributed by atoms with Crippen molar-refractivity contribution in [1.82, 2.24) is 19.9 Å².